The molecule has 2 amide bonds. The number of rotatable bonds is 5. The zero-order chi connectivity index (χ0) is 16.1. The highest BCUT2D eigenvalue weighted by Crippen LogP contribution is 2.17. The van der Waals surface area contributed by atoms with Crippen molar-refractivity contribution in [2.24, 2.45) is 0 Å². The van der Waals surface area contributed by atoms with Crippen molar-refractivity contribution in [1.29, 1.82) is 0 Å². The lowest BCUT2D eigenvalue weighted by Gasteiger charge is -2.13. The van der Waals surface area contributed by atoms with Crippen molar-refractivity contribution in [3.05, 3.63) is 47.8 Å². The van der Waals surface area contributed by atoms with Crippen molar-refractivity contribution in [3.63, 3.8) is 0 Å². The maximum atomic E-state index is 12.3. The van der Waals surface area contributed by atoms with Gasteiger partial charge < -0.3 is 10.2 Å². The standard InChI is InChI=1S/C16H20N4O2/c1-4-20-15(16(22)19(2)3)13(11-17-20)18-14(21)10-12-8-6-5-7-9-12/h5-9,11H,4,10H2,1-3H3,(H,18,21). The number of nitrogens with zero attached hydrogens (tertiary/aromatic N) is 3. The lowest BCUT2D eigenvalue weighted by atomic mass is 10.1. The molecule has 0 atom stereocenters. The number of carbonyl (C=O) groups is 2. The molecular weight excluding hydrogens is 280 g/mol. The van der Waals surface area contributed by atoms with Gasteiger partial charge in [0.1, 0.15) is 5.69 Å². The maximum Gasteiger partial charge on any atom is 0.273 e. The molecule has 116 valence electrons. The Morgan fingerprint density at radius 3 is 2.50 bits per heavy atom. The summed E-state index contributed by atoms with van der Waals surface area (Å²) in [4.78, 5) is 25.9. The van der Waals surface area contributed by atoms with E-state index in [2.05, 4.69) is 10.4 Å². The summed E-state index contributed by atoms with van der Waals surface area (Å²) >= 11 is 0. The third-order valence-electron chi connectivity index (χ3n) is 3.23. The predicted molar refractivity (Wildman–Crippen MR) is 84.7 cm³/mol. The van der Waals surface area contributed by atoms with E-state index in [9.17, 15) is 9.59 Å². The summed E-state index contributed by atoms with van der Waals surface area (Å²) in [6.07, 6.45) is 1.77. The number of benzene rings is 1. The molecule has 0 spiro atoms. The summed E-state index contributed by atoms with van der Waals surface area (Å²) in [7, 11) is 3.34. The number of aryl methyl sites for hydroxylation is 1. The highest BCUT2D eigenvalue weighted by Gasteiger charge is 2.21. The molecular formula is C16H20N4O2. The second-order valence-electron chi connectivity index (χ2n) is 5.13. The summed E-state index contributed by atoms with van der Waals surface area (Å²) in [5.74, 6) is -0.357. The van der Waals surface area contributed by atoms with Crippen LogP contribution in [0.15, 0.2) is 36.5 Å². The molecule has 0 saturated heterocycles. The zero-order valence-corrected chi connectivity index (χ0v) is 13.0. The number of carbonyl (C=O) groups excluding carboxylic acids is 2. The fourth-order valence-electron chi connectivity index (χ4n) is 2.13. The smallest absolute Gasteiger partial charge is 0.273 e. The van der Waals surface area contributed by atoms with Gasteiger partial charge in [-0.2, -0.15) is 5.10 Å². The Morgan fingerprint density at radius 1 is 1.23 bits per heavy atom. The molecule has 0 aliphatic rings. The van der Waals surface area contributed by atoms with Crippen LogP contribution in [-0.2, 0) is 17.8 Å². The minimum Gasteiger partial charge on any atom is -0.343 e. The Hall–Kier alpha value is -2.63. The SMILES string of the molecule is CCn1ncc(NC(=O)Cc2ccccc2)c1C(=O)N(C)C. The van der Waals surface area contributed by atoms with E-state index in [1.807, 2.05) is 37.3 Å². The molecule has 2 aromatic rings. The minimum absolute atomic E-state index is 0.172. The van der Waals surface area contributed by atoms with Crippen LogP contribution in [-0.4, -0.2) is 40.6 Å². The fourth-order valence-corrected chi connectivity index (χ4v) is 2.13. The number of hydrogen-bond acceptors (Lipinski definition) is 3. The number of amides is 2. The molecule has 1 N–H and O–H groups in total. The van der Waals surface area contributed by atoms with Gasteiger partial charge in [-0.3, -0.25) is 14.3 Å². The second-order valence-corrected chi connectivity index (χ2v) is 5.13. The van der Waals surface area contributed by atoms with Crippen LogP contribution in [0.5, 0.6) is 0 Å². The van der Waals surface area contributed by atoms with Gasteiger partial charge in [0.25, 0.3) is 5.91 Å². The molecule has 1 heterocycles. The van der Waals surface area contributed by atoms with E-state index < -0.39 is 0 Å². The van der Waals surface area contributed by atoms with Gasteiger partial charge in [-0.25, -0.2) is 0 Å². The van der Waals surface area contributed by atoms with Crippen LogP contribution < -0.4 is 5.32 Å². The highest BCUT2D eigenvalue weighted by atomic mass is 16.2. The lowest BCUT2D eigenvalue weighted by molar-refractivity contribution is -0.115. The van der Waals surface area contributed by atoms with E-state index in [-0.39, 0.29) is 18.2 Å². The van der Waals surface area contributed by atoms with Gasteiger partial charge >= 0.3 is 0 Å². The maximum absolute atomic E-state index is 12.3. The van der Waals surface area contributed by atoms with Gasteiger partial charge in [-0.15, -0.1) is 0 Å². The Labute approximate surface area is 129 Å². The van der Waals surface area contributed by atoms with E-state index in [1.165, 1.54) is 11.1 Å². The number of hydrogen-bond donors (Lipinski definition) is 1. The van der Waals surface area contributed by atoms with Gasteiger partial charge in [-0.1, -0.05) is 30.3 Å². The van der Waals surface area contributed by atoms with Crippen LogP contribution >= 0.6 is 0 Å². The normalized spacial score (nSPS) is 10.3. The second kappa shape index (κ2) is 6.89. The molecule has 0 fully saturated rings. The van der Waals surface area contributed by atoms with Gasteiger partial charge in [0.05, 0.1) is 18.3 Å². The summed E-state index contributed by atoms with van der Waals surface area (Å²) in [6.45, 7) is 2.46. The van der Waals surface area contributed by atoms with Crippen molar-refractivity contribution in [1.82, 2.24) is 14.7 Å². The molecule has 0 bridgehead atoms. The molecule has 0 aliphatic carbocycles. The molecule has 22 heavy (non-hydrogen) atoms. The van der Waals surface area contributed by atoms with Crippen molar-refractivity contribution in [2.75, 3.05) is 19.4 Å². The molecule has 0 unspecified atom stereocenters. The van der Waals surface area contributed by atoms with Gasteiger partial charge in [-0.05, 0) is 12.5 Å². The Bertz CT molecular complexity index is 662. The van der Waals surface area contributed by atoms with Crippen LogP contribution in [0.1, 0.15) is 23.0 Å². The summed E-state index contributed by atoms with van der Waals surface area (Å²) in [5, 5.41) is 6.93. The van der Waals surface area contributed by atoms with Crippen molar-refractivity contribution in [3.8, 4) is 0 Å². The van der Waals surface area contributed by atoms with Gasteiger partial charge in [0, 0.05) is 20.6 Å². The van der Waals surface area contributed by atoms with Crippen LogP contribution in [0.4, 0.5) is 5.69 Å². The van der Waals surface area contributed by atoms with Crippen LogP contribution in [0.25, 0.3) is 0 Å². The zero-order valence-electron chi connectivity index (χ0n) is 13.0. The quantitative estimate of drug-likeness (QED) is 0.915. The van der Waals surface area contributed by atoms with Crippen LogP contribution in [0.2, 0.25) is 0 Å². The monoisotopic (exact) mass is 300 g/mol. The predicted octanol–water partition coefficient (Wildman–Crippen LogP) is 1.79. The molecule has 0 radical (unpaired) electrons. The fraction of sp³-hybridized carbons (Fsp3) is 0.312. The number of nitrogens with one attached hydrogen (secondary N) is 1. The number of aromatic nitrogens is 2. The van der Waals surface area contributed by atoms with E-state index >= 15 is 0 Å². The minimum atomic E-state index is -0.186. The average Bonchev–Trinajstić information content (AvgIpc) is 2.89. The van der Waals surface area contributed by atoms with Gasteiger partial charge in [0.15, 0.2) is 0 Å². The van der Waals surface area contributed by atoms with Crippen LogP contribution in [0, 0.1) is 0 Å². The van der Waals surface area contributed by atoms with Crippen molar-refractivity contribution in [2.45, 2.75) is 19.9 Å². The molecule has 6 heteroatoms. The van der Waals surface area contributed by atoms with Crippen LogP contribution in [0.3, 0.4) is 0 Å². The molecule has 0 aliphatic heterocycles. The molecule has 1 aromatic heterocycles. The van der Waals surface area contributed by atoms with E-state index in [0.29, 0.717) is 17.9 Å². The molecule has 0 saturated carbocycles. The van der Waals surface area contributed by atoms with E-state index in [0.717, 1.165) is 5.56 Å². The third-order valence-corrected chi connectivity index (χ3v) is 3.23. The topological polar surface area (TPSA) is 67.2 Å². The Kier molecular flexibility index (Phi) is 4.93. The van der Waals surface area contributed by atoms with Crippen molar-refractivity contribution < 1.29 is 9.59 Å². The summed E-state index contributed by atoms with van der Waals surface area (Å²) < 4.78 is 1.58. The first-order valence-electron chi connectivity index (χ1n) is 7.14. The molecule has 2 rings (SSSR count). The molecule has 1 aromatic carbocycles. The van der Waals surface area contributed by atoms with E-state index in [4.69, 9.17) is 0 Å². The molecule has 6 nitrogen and oxygen atoms in total. The third kappa shape index (κ3) is 3.52. The Morgan fingerprint density at radius 2 is 1.91 bits per heavy atom. The largest absolute Gasteiger partial charge is 0.343 e. The van der Waals surface area contributed by atoms with Crippen molar-refractivity contribution >= 4 is 17.5 Å². The summed E-state index contributed by atoms with van der Waals surface area (Å²) in [6, 6.07) is 9.46. The lowest BCUT2D eigenvalue weighted by Crippen LogP contribution is -2.26. The number of anilines is 1. The first-order valence-corrected chi connectivity index (χ1v) is 7.14. The first-order chi connectivity index (χ1) is 10.5. The Balaban J connectivity index is 2.17. The average molecular weight is 300 g/mol. The van der Waals surface area contributed by atoms with Gasteiger partial charge in [0.2, 0.25) is 5.91 Å². The highest BCUT2D eigenvalue weighted by molar-refractivity contribution is 6.02. The summed E-state index contributed by atoms with van der Waals surface area (Å²) in [5.41, 5.74) is 1.76. The first kappa shape index (κ1) is 15.8. The van der Waals surface area contributed by atoms with E-state index in [1.54, 1.807) is 18.8 Å².